The molecule has 0 radical (unpaired) electrons. The smallest absolute Gasteiger partial charge is 0.160 e. The Morgan fingerprint density at radius 3 is 2.56 bits per heavy atom. The normalized spacial score (nSPS) is 30.0. The molecule has 4 aliphatic carbocycles. The minimum atomic E-state index is -1.16. The predicted octanol–water partition coefficient (Wildman–Crippen LogP) is 8.78. The topological polar surface area (TPSA) is 154 Å². The average Bonchev–Trinajstić information content (AvgIpc) is 3.35. The second kappa shape index (κ2) is 19.1. The van der Waals surface area contributed by atoms with E-state index >= 15 is 0 Å². The molecule has 0 aromatic heterocycles. The van der Waals surface area contributed by atoms with Gasteiger partial charge in [0.2, 0.25) is 0 Å². The van der Waals surface area contributed by atoms with Crippen LogP contribution in [0.25, 0.3) is 10.8 Å². The Morgan fingerprint density at radius 1 is 0.938 bits per heavy atom. The molecule has 9 heteroatoms. The monoisotopic (exact) mass is 868 g/mol. The lowest BCUT2D eigenvalue weighted by Crippen LogP contribution is -2.63. The number of aliphatic hydroxyl groups is 2. The lowest BCUT2D eigenvalue weighted by atomic mass is 9.60. The third-order valence-corrected chi connectivity index (χ3v) is 16.6. The number of fused-ring (bicyclic) bond motifs is 3. The maximum Gasteiger partial charge on any atom is 0.160 e. The molecule has 3 aromatic rings. The Balaban J connectivity index is 0.929. The van der Waals surface area contributed by atoms with Crippen molar-refractivity contribution in [2.45, 2.75) is 158 Å². The van der Waals surface area contributed by atoms with E-state index in [4.69, 9.17) is 10.5 Å². The molecule has 1 saturated heterocycles. The van der Waals surface area contributed by atoms with Gasteiger partial charge in [-0.05, 0) is 146 Å². The Hall–Kier alpha value is -4.62. The molecule has 9 unspecified atom stereocenters. The van der Waals surface area contributed by atoms with Crippen LogP contribution in [0, 0.1) is 35.0 Å². The molecule has 7 N–H and O–H groups in total. The number of aliphatic hydroxyl groups excluding tert-OH is 2. The van der Waals surface area contributed by atoms with Crippen molar-refractivity contribution in [2.24, 2.45) is 28.9 Å². The number of ketones is 2. The number of dihydropyridines is 1. The van der Waals surface area contributed by atoms with E-state index in [9.17, 15) is 24.9 Å². The van der Waals surface area contributed by atoms with Gasteiger partial charge in [0.25, 0.3) is 0 Å². The van der Waals surface area contributed by atoms with Crippen LogP contribution in [-0.4, -0.2) is 64.3 Å². The van der Waals surface area contributed by atoms with E-state index in [1.165, 1.54) is 45.6 Å². The molecule has 340 valence electrons. The number of phenolic OH excluding ortho intramolecular Hbond substituents is 1. The van der Waals surface area contributed by atoms with Gasteiger partial charge in [0.1, 0.15) is 11.2 Å². The first-order valence-corrected chi connectivity index (χ1v) is 24.5. The second-order valence-electron chi connectivity index (χ2n) is 20.4. The van der Waals surface area contributed by atoms with Crippen LogP contribution in [-0.2, 0) is 16.0 Å². The van der Waals surface area contributed by atoms with Crippen molar-refractivity contribution in [2.75, 3.05) is 13.7 Å². The third-order valence-electron chi connectivity index (χ3n) is 16.6. The highest BCUT2D eigenvalue weighted by atomic mass is 16.5. The predicted molar refractivity (Wildman–Crippen MR) is 252 cm³/mol. The summed E-state index contributed by atoms with van der Waals surface area (Å²) < 4.78 is 5.53. The molecule has 2 spiro atoms. The summed E-state index contributed by atoms with van der Waals surface area (Å²) in [7, 11) is 1.53. The van der Waals surface area contributed by atoms with Gasteiger partial charge in [-0.1, -0.05) is 86.1 Å². The van der Waals surface area contributed by atoms with E-state index < -0.39 is 17.6 Å². The zero-order chi connectivity index (χ0) is 44.4. The molecule has 9 atom stereocenters. The first-order valence-electron chi connectivity index (χ1n) is 24.5. The number of piperidine rings is 1. The minimum Gasteiger partial charge on any atom is -0.504 e. The van der Waals surface area contributed by atoms with E-state index in [1.54, 1.807) is 6.07 Å². The van der Waals surface area contributed by atoms with Crippen LogP contribution in [0.3, 0.4) is 0 Å². The number of Topliss-reactive ketones (excluding diaryl/α,β-unsaturated/α-hetero) is 2. The van der Waals surface area contributed by atoms with Crippen LogP contribution < -0.4 is 21.1 Å². The van der Waals surface area contributed by atoms with Gasteiger partial charge in [-0.2, -0.15) is 0 Å². The highest BCUT2D eigenvalue weighted by Crippen LogP contribution is 2.50. The van der Waals surface area contributed by atoms with Gasteiger partial charge >= 0.3 is 0 Å². The van der Waals surface area contributed by atoms with Gasteiger partial charge in [-0.25, -0.2) is 0 Å². The summed E-state index contributed by atoms with van der Waals surface area (Å²) in [5.74, 6) is 9.35. The molecule has 2 aliphatic heterocycles. The van der Waals surface area contributed by atoms with Gasteiger partial charge in [-0.3, -0.25) is 9.59 Å². The number of aromatic hydroxyl groups is 1. The van der Waals surface area contributed by atoms with Crippen LogP contribution in [0.2, 0.25) is 0 Å². The van der Waals surface area contributed by atoms with Crippen molar-refractivity contribution >= 4 is 22.3 Å². The number of phenols is 1. The SMILES string of the molecule is COc1cc2c(cc1O)C(CCC(O)CC(C1=CCNC(N)=C1)c1ccc3ccccc3c1)C#CC1(CCC(CCC3CC4CCC(=O)CC4NC34CCCCC4)CC1O)C(=O)CC2. The summed E-state index contributed by atoms with van der Waals surface area (Å²) >= 11 is 0. The fourth-order valence-electron chi connectivity index (χ4n) is 13.0. The third kappa shape index (κ3) is 9.26. The highest BCUT2D eigenvalue weighted by Gasteiger charge is 2.50. The van der Waals surface area contributed by atoms with Gasteiger partial charge in [0, 0.05) is 49.2 Å². The first-order chi connectivity index (χ1) is 31.0. The molecule has 0 bridgehead atoms. The van der Waals surface area contributed by atoms with Crippen molar-refractivity contribution in [1.29, 1.82) is 0 Å². The van der Waals surface area contributed by atoms with Crippen LogP contribution in [0.15, 0.2) is 78.1 Å². The number of ether oxygens (including phenoxy) is 1. The molecular formula is C55H69N3O6. The number of methoxy groups -OCH3 is 1. The number of hydrogen-bond acceptors (Lipinski definition) is 9. The number of nitrogens with one attached hydrogen (secondary N) is 2. The van der Waals surface area contributed by atoms with Crippen LogP contribution >= 0.6 is 0 Å². The molecule has 4 fully saturated rings. The van der Waals surface area contributed by atoms with Crippen molar-refractivity contribution in [1.82, 2.24) is 10.6 Å². The maximum absolute atomic E-state index is 14.5. The standard InChI is InChI=1S/C55H69N3O6/c1-64-50-30-40-14-18-51(62)54(24-19-35(27-52(54)63)9-15-43-29-42-13-17-45(60)33-48(42)58-55(43)22-5-2-6-23-55)25-20-37(47(40)34-49(50)61)12-16-44(59)32-46(41-21-26-57-53(56)31-41)39-11-10-36-7-3-4-8-38(36)28-39/h3-4,7-8,10-11,21,28,30-31,34-35,37,42-44,46,48,52,57-59,61,63H,2,5-6,9,12-19,22-24,26-27,29,32-33,56H2,1H3. The molecule has 0 amide bonds. The molecule has 3 saturated carbocycles. The number of nitrogens with two attached hydrogens (primary N) is 1. The summed E-state index contributed by atoms with van der Waals surface area (Å²) in [6, 6.07) is 18.7. The summed E-state index contributed by atoms with van der Waals surface area (Å²) in [5.41, 5.74) is 9.15. The fraction of sp³-hybridized carbons (Fsp3) is 0.564. The van der Waals surface area contributed by atoms with Crippen LogP contribution in [0.4, 0.5) is 0 Å². The number of carbonyl (C=O) groups excluding carboxylic acids is 2. The van der Waals surface area contributed by atoms with E-state index in [0.29, 0.717) is 99.1 Å². The number of hydrogen-bond donors (Lipinski definition) is 6. The minimum absolute atomic E-state index is 0.0130. The van der Waals surface area contributed by atoms with Gasteiger partial charge in [0.05, 0.1) is 25.1 Å². The highest BCUT2D eigenvalue weighted by molar-refractivity contribution is 5.89. The molecule has 9 rings (SSSR count). The quantitative estimate of drug-likeness (QED) is 0.104. The van der Waals surface area contributed by atoms with Crippen molar-refractivity contribution in [3.05, 3.63) is 94.8 Å². The van der Waals surface area contributed by atoms with Crippen molar-refractivity contribution in [3.63, 3.8) is 0 Å². The molecular weight excluding hydrogens is 799 g/mol. The Morgan fingerprint density at radius 2 is 1.77 bits per heavy atom. The van der Waals surface area contributed by atoms with Crippen molar-refractivity contribution in [3.8, 4) is 23.3 Å². The molecule has 2 heterocycles. The van der Waals surface area contributed by atoms with E-state index in [-0.39, 0.29) is 35.3 Å². The molecule has 6 aliphatic rings. The van der Waals surface area contributed by atoms with Gasteiger partial charge in [-0.15, -0.1) is 0 Å². The summed E-state index contributed by atoms with van der Waals surface area (Å²) in [5, 5.41) is 44.7. The average molecular weight is 868 g/mol. The number of rotatable bonds is 11. The summed E-state index contributed by atoms with van der Waals surface area (Å²) in [6.07, 6.45) is 18.5. The number of allylic oxidation sites excluding steroid dienone is 2. The maximum atomic E-state index is 14.5. The van der Waals surface area contributed by atoms with E-state index in [2.05, 4.69) is 58.9 Å². The van der Waals surface area contributed by atoms with Gasteiger partial charge < -0.3 is 36.4 Å². The second-order valence-corrected chi connectivity index (χ2v) is 20.4. The summed E-state index contributed by atoms with van der Waals surface area (Å²) in [6.45, 7) is 0.621. The molecule has 3 aromatic carbocycles. The first kappa shape index (κ1) is 44.6. The number of carbonyl (C=O) groups is 2. The Bertz CT molecular complexity index is 2340. The lowest BCUT2D eigenvalue weighted by Gasteiger charge is -2.54. The molecule has 9 nitrogen and oxygen atoms in total. The van der Waals surface area contributed by atoms with Crippen molar-refractivity contribution < 1.29 is 29.6 Å². The molecule has 64 heavy (non-hydrogen) atoms. The zero-order valence-electron chi connectivity index (χ0n) is 37.8. The van der Waals surface area contributed by atoms with E-state index in [0.717, 1.165) is 58.7 Å². The van der Waals surface area contributed by atoms with Crippen LogP contribution in [0.5, 0.6) is 11.5 Å². The van der Waals surface area contributed by atoms with Crippen LogP contribution in [0.1, 0.15) is 144 Å². The zero-order valence-corrected chi connectivity index (χ0v) is 37.8. The number of aryl methyl sites for hydroxylation is 1. The van der Waals surface area contributed by atoms with E-state index in [1.807, 2.05) is 24.3 Å². The lowest BCUT2D eigenvalue weighted by molar-refractivity contribution is -0.134. The summed E-state index contributed by atoms with van der Waals surface area (Å²) in [4.78, 5) is 26.9. The number of benzene rings is 3. The Labute approximate surface area is 379 Å². The Kier molecular flexibility index (Phi) is 13.3. The largest absolute Gasteiger partial charge is 0.504 e. The fourth-order valence-corrected chi connectivity index (χ4v) is 13.0. The van der Waals surface area contributed by atoms with Gasteiger partial charge in [0.15, 0.2) is 17.3 Å².